The minimum atomic E-state index is 0.0179. The first-order valence-electron chi connectivity index (χ1n) is 42.1. The molecule has 0 amide bonds. The molecule has 0 aliphatic rings. The maximum Gasteiger partial charge on any atom is 0.134 e. The summed E-state index contributed by atoms with van der Waals surface area (Å²) in [5.41, 5.74) is 13.5. The SMILES string of the molecule is CC(C)(C)c1cc2ccccc2cn1.CC(C)(C)c1ccnc2ccccc12.CC(C)(C)c1cncc2ccccc12.CC(C)(C)c1ncc2ccccc2n1.CC(C)(C)c1nccc2ccccc12.CC(C)(C)c1ncnc2ccccc12.CC(C)(C)c1nncc2ccccc12.CC(C)(C)c1nncc2ccccc12.CC(C)c1ccncc1. The van der Waals surface area contributed by atoms with Gasteiger partial charge in [0.05, 0.1) is 51.7 Å². The molecule has 0 N–H and O–H groups in total. The van der Waals surface area contributed by atoms with Crippen LogP contribution in [-0.2, 0) is 43.3 Å². The van der Waals surface area contributed by atoms with Crippen molar-refractivity contribution in [3.05, 3.63) is 344 Å². The monoisotopic (exact) mass is 1610 g/mol. The van der Waals surface area contributed by atoms with Gasteiger partial charge in [-0.1, -0.05) is 356 Å². The van der Waals surface area contributed by atoms with Crippen LogP contribution in [0.25, 0.3) is 86.6 Å². The van der Waals surface area contributed by atoms with Gasteiger partial charge in [0, 0.05) is 142 Å². The third kappa shape index (κ3) is 26.5. The lowest BCUT2D eigenvalue weighted by molar-refractivity contribution is 0.548. The Balaban J connectivity index is 0.000000155. The molecule has 13 heteroatoms. The van der Waals surface area contributed by atoms with E-state index in [2.05, 4.69) is 379 Å². The molecule has 121 heavy (non-hydrogen) atoms. The Bertz CT molecular complexity index is 5350. The number of pyridine rings is 5. The Kier molecular flexibility index (Phi) is 30.9. The number of hydrogen-bond donors (Lipinski definition) is 0. The van der Waals surface area contributed by atoms with E-state index >= 15 is 0 Å². The molecule has 0 saturated carbocycles. The molecule has 0 unspecified atom stereocenters. The molecule has 8 aromatic carbocycles. The minimum Gasteiger partial charge on any atom is -0.265 e. The van der Waals surface area contributed by atoms with Crippen molar-refractivity contribution >= 4 is 86.6 Å². The van der Waals surface area contributed by atoms with Crippen LogP contribution in [0.15, 0.2) is 293 Å². The van der Waals surface area contributed by atoms with Gasteiger partial charge in [0.1, 0.15) is 12.2 Å². The lowest BCUT2D eigenvalue weighted by Crippen LogP contribution is -2.15. The fourth-order valence-electron chi connectivity index (χ4n) is 13.5. The second-order valence-electron chi connectivity index (χ2n) is 39.1. The van der Waals surface area contributed by atoms with Gasteiger partial charge >= 0.3 is 0 Å². The molecule has 0 atom stereocenters. The first-order chi connectivity index (χ1) is 57.0. The van der Waals surface area contributed by atoms with Gasteiger partial charge in [-0.2, -0.15) is 20.4 Å². The van der Waals surface area contributed by atoms with Crippen molar-refractivity contribution in [3.8, 4) is 0 Å². The second kappa shape index (κ2) is 40.3. The predicted molar refractivity (Wildman–Crippen MR) is 513 cm³/mol. The fraction of sp³-hybridized carbons (Fsp3) is 0.324. The van der Waals surface area contributed by atoms with Crippen LogP contribution in [0.1, 0.15) is 237 Å². The highest BCUT2D eigenvalue weighted by Crippen LogP contribution is 2.34. The van der Waals surface area contributed by atoms with Crippen molar-refractivity contribution in [3.63, 3.8) is 0 Å². The van der Waals surface area contributed by atoms with Crippen molar-refractivity contribution in [2.75, 3.05) is 0 Å². The molecule has 17 aromatic rings. The van der Waals surface area contributed by atoms with Crippen molar-refractivity contribution < 1.29 is 0 Å². The Labute approximate surface area is 720 Å². The molecule has 0 aliphatic heterocycles. The highest BCUT2D eigenvalue weighted by molar-refractivity contribution is 5.89. The van der Waals surface area contributed by atoms with E-state index in [1.54, 1.807) is 6.33 Å². The summed E-state index contributed by atoms with van der Waals surface area (Å²) in [5, 5.41) is 32.3. The Morgan fingerprint density at radius 1 is 0.240 bits per heavy atom. The normalized spacial score (nSPS) is 11.8. The second-order valence-corrected chi connectivity index (χ2v) is 39.1. The molecule has 9 heterocycles. The van der Waals surface area contributed by atoms with Crippen LogP contribution in [0.2, 0.25) is 0 Å². The van der Waals surface area contributed by atoms with Gasteiger partial charge in [-0.3, -0.25) is 24.9 Å². The van der Waals surface area contributed by atoms with Crippen LogP contribution in [0.5, 0.6) is 0 Å². The van der Waals surface area contributed by atoms with E-state index in [0.29, 0.717) is 5.92 Å². The number of benzene rings is 8. The topological polar surface area (TPSA) is 168 Å². The quantitative estimate of drug-likeness (QED) is 0.152. The zero-order valence-corrected chi connectivity index (χ0v) is 76.6. The fourth-order valence-corrected chi connectivity index (χ4v) is 13.5. The summed E-state index contributed by atoms with van der Waals surface area (Å²) in [4.78, 5) is 39.0. The molecular formula is C108H127N13. The lowest BCUT2D eigenvalue weighted by Gasteiger charge is -2.20. The summed E-state index contributed by atoms with van der Waals surface area (Å²) in [5.74, 6) is 1.52. The standard InChI is InChI=1S/4C13H15N.4C12H14N2.C8H11N/c1-13(2,3)12-9-14-8-10-6-4-5-7-11(10)12;1-13(2,3)12-8-10-6-4-5-7-11(10)9-14-12;1-13(2,3)11-8-9-14-12-7-5-4-6-10(11)12;1-13(2,3)12-11-7-5-4-6-10(11)8-9-14-12;1-12(2,3)11-9-6-4-5-7-10(9)13-8-14-11;1-12(2,3)11-13-8-9-6-4-5-7-10(9)14-11;2*1-12(2,3)11-10-7-5-4-6-9(10)8-13-14-11;1-7(2)8-3-5-9-6-4-8/h4*4-9H,1-3H3;4*4-8H,1-3H3;3-7H,1-2H3. The van der Waals surface area contributed by atoms with Gasteiger partial charge in [-0.15, -0.1) is 0 Å². The highest BCUT2D eigenvalue weighted by atomic mass is 15.1. The average Bonchev–Trinajstić information content (AvgIpc) is 0.800. The van der Waals surface area contributed by atoms with Gasteiger partial charge in [0.2, 0.25) is 0 Å². The molecule has 0 aliphatic carbocycles. The molecule has 0 saturated heterocycles. The largest absolute Gasteiger partial charge is 0.265 e. The lowest BCUT2D eigenvalue weighted by atomic mass is 9.85. The summed E-state index contributed by atoms with van der Waals surface area (Å²) in [6, 6.07) is 76.5. The van der Waals surface area contributed by atoms with Gasteiger partial charge < -0.3 is 0 Å². The molecule has 0 spiro atoms. The molecular weight excluding hydrogens is 1480 g/mol. The number of para-hydroxylation sites is 3. The number of aromatic nitrogens is 13. The molecule has 17 rings (SSSR count). The maximum absolute atomic E-state index is 4.54. The third-order valence-corrected chi connectivity index (χ3v) is 20.1. The summed E-state index contributed by atoms with van der Waals surface area (Å²) in [6.07, 6.45) is 20.4. The van der Waals surface area contributed by atoms with Crippen molar-refractivity contribution in [1.82, 2.24) is 65.3 Å². The zero-order valence-electron chi connectivity index (χ0n) is 76.6. The first-order valence-corrected chi connectivity index (χ1v) is 42.1. The number of hydrogen-bond acceptors (Lipinski definition) is 13. The number of rotatable bonds is 1. The van der Waals surface area contributed by atoms with Crippen molar-refractivity contribution in [1.29, 1.82) is 0 Å². The van der Waals surface area contributed by atoms with Crippen LogP contribution >= 0.6 is 0 Å². The number of fused-ring (bicyclic) bond motifs is 8. The Morgan fingerprint density at radius 2 is 0.645 bits per heavy atom. The van der Waals surface area contributed by atoms with E-state index < -0.39 is 0 Å². The van der Waals surface area contributed by atoms with Crippen molar-refractivity contribution in [2.45, 2.75) is 229 Å². The maximum atomic E-state index is 4.54. The predicted octanol–water partition coefficient (Wildman–Crippen LogP) is 28.0. The minimum absolute atomic E-state index is 0.0179. The van der Waals surface area contributed by atoms with Crippen LogP contribution in [0, 0.1) is 0 Å². The molecule has 0 radical (unpaired) electrons. The molecule has 13 nitrogen and oxygen atoms in total. The Morgan fingerprint density at radius 3 is 1.13 bits per heavy atom. The van der Waals surface area contributed by atoms with E-state index in [1.165, 1.54) is 70.9 Å². The van der Waals surface area contributed by atoms with Gasteiger partial charge in [0.25, 0.3) is 0 Å². The number of nitrogens with zero attached hydrogens (tertiary/aromatic N) is 13. The van der Waals surface area contributed by atoms with E-state index in [4.69, 9.17) is 0 Å². The first kappa shape index (κ1) is 92.8. The highest BCUT2D eigenvalue weighted by Gasteiger charge is 2.24. The summed E-state index contributed by atoms with van der Waals surface area (Å²) in [7, 11) is 0. The zero-order chi connectivity index (χ0) is 88.1. The van der Waals surface area contributed by atoms with Gasteiger partial charge in [0.15, 0.2) is 0 Å². The third-order valence-electron chi connectivity index (χ3n) is 20.1. The molecule has 0 bridgehead atoms. The van der Waals surface area contributed by atoms with Gasteiger partial charge in [-0.05, 0) is 98.1 Å². The van der Waals surface area contributed by atoms with Crippen LogP contribution in [0.3, 0.4) is 0 Å². The summed E-state index contributed by atoms with van der Waals surface area (Å²) < 4.78 is 0. The van der Waals surface area contributed by atoms with E-state index in [1.807, 2.05) is 153 Å². The average molecular weight is 1610 g/mol. The summed E-state index contributed by atoms with van der Waals surface area (Å²) in [6.45, 7) is 56.7. The van der Waals surface area contributed by atoms with E-state index in [0.717, 1.165) is 66.7 Å². The van der Waals surface area contributed by atoms with E-state index in [-0.39, 0.29) is 43.3 Å². The smallest absolute Gasteiger partial charge is 0.134 e. The van der Waals surface area contributed by atoms with Gasteiger partial charge in [-0.25, -0.2) is 19.9 Å². The summed E-state index contributed by atoms with van der Waals surface area (Å²) >= 11 is 0. The van der Waals surface area contributed by atoms with Crippen LogP contribution in [0.4, 0.5) is 0 Å². The molecule has 0 fully saturated rings. The molecule has 9 aromatic heterocycles. The Hall–Kier alpha value is -12.1. The van der Waals surface area contributed by atoms with Crippen LogP contribution < -0.4 is 0 Å². The van der Waals surface area contributed by atoms with E-state index in [9.17, 15) is 0 Å². The van der Waals surface area contributed by atoms with Crippen molar-refractivity contribution in [2.24, 2.45) is 0 Å². The van der Waals surface area contributed by atoms with Crippen LogP contribution in [-0.4, -0.2) is 65.3 Å². The molecule has 624 valence electrons.